The number of carbonyl (C=O) groups excluding carboxylic acids is 2. The minimum atomic E-state index is -4.64. The van der Waals surface area contributed by atoms with Gasteiger partial charge in [0.2, 0.25) is 0 Å². The number of hydrogen-bond acceptors (Lipinski definition) is 8. The molecule has 0 aliphatic rings. The first-order chi connectivity index (χ1) is 31.5. The third-order valence-corrected chi connectivity index (χ3v) is 11.6. The lowest BCUT2D eigenvalue weighted by molar-refractivity contribution is -0.870. The van der Waals surface area contributed by atoms with Gasteiger partial charge in [-0.15, -0.1) is 0 Å². The van der Waals surface area contributed by atoms with Gasteiger partial charge in [0.25, 0.3) is 7.82 Å². The maximum atomic E-state index is 12.7. The number of quaternary nitrogens is 1. The molecule has 0 saturated carbocycles. The van der Waals surface area contributed by atoms with Gasteiger partial charge in [-0.05, 0) is 70.6 Å². The third kappa shape index (κ3) is 50.4. The van der Waals surface area contributed by atoms with Crippen LogP contribution in [0.4, 0.5) is 0 Å². The van der Waals surface area contributed by atoms with Gasteiger partial charge in [0.15, 0.2) is 6.10 Å². The van der Waals surface area contributed by atoms with Gasteiger partial charge in [-0.3, -0.25) is 14.2 Å². The van der Waals surface area contributed by atoms with Crippen LogP contribution in [-0.4, -0.2) is 70.0 Å². The number of unbranched alkanes of at least 4 members (excludes halogenated alkanes) is 18. The number of ether oxygens (including phenoxy) is 2. The molecule has 374 valence electrons. The van der Waals surface area contributed by atoms with Gasteiger partial charge in [0.05, 0.1) is 27.7 Å². The van der Waals surface area contributed by atoms with E-state index in [1.54, 1.807) is 0 Å². The lowest BCUT2D eigenvalue weighted by Crippen LogP contribution is -2.37. The van der Waals surface area contributed by atoms with Gasteiger partial charge >= 0.3 is 11.9 Å². The zero-order chi connectivity index (χ0) is 47.8. The van der Waals surface area contributed by atoms with E-state index in [9.17, 15) is 19.0 Å². The molecule has 0 aliphatic carbocycles. The van der Waals surface area contributed by atoms with Gasteiger partial charge in [-0.2, -0.15) is 0 Å². The van der Waals surface area contributed by atoms with Crippen molar-refractivity contribution in [3.05, 3.63) is 85.1 Å². The summed E-state index contributed by atoms with van der Waals surface area (Å²) in [6.45, 7) is 4.08. The van der Waals surface area contributed by atoms with E-state index in [1.165, 1.54) is 83.5 Å². The number of likely N-dealkylation sites (N-methyl/N-ethyl adjacent to an activating group) is 1. The van der Waals surface area contributed by atoms with Crippen LogP contribution in [-0.2, 0) is 32.7 Å². The first-order valence-corrected chi connectivity index (χ1v) is 27.3. The van der Waals surface area contributed by atoms with E-state index in [0.717, 1.165) is 83.5 Å². The lowest BCUT2D eigenvalue weighted by atomic mass is 10.0. The number of carbonyl (C=O) groups is 2. The minimum Gasteiger partial charge on any atom is -0.756 e. The van der Waals surface area contributed by atoms with Crippen molar-refractivity contribution in [1.82, 2.24) is 0 Å². The predicted octanol–water partition coefficient (Wildman–Crippen LogP) is 14.9. The van der Waals surface area contributed by atoms with Crippen LogP contribution in [0.1, 0.15) is 200 Å². The van der Waals surface area contributed by atoms with Gasteiger partial charge in [0.1, 0.15) is 19.8 Å². The molecule has 0 saturated heterocycles. The zero-order valence-corrected chi connectivity index (χ0v) is 43.0. The third-order valence-electron chi connectivity index (χ3n) is 10.7. The summed E-state index contributed by atoms with van der Waals surface area (Å²) in [5.41, 5.74) is 0. The summed E-state index contributed by atoms with van der Waals surface area (Å²) >= 11 is 0. The second kappa shape index (κ2) is 46.3. The Balaban J connectivity index is 4.34. The Kier molecular flexibility index (Phi) is 44.3. The summed E-state index contributed by atoms with van der Waals surface area (Å²) < 4.78 is 34.0. The Morgan fingerprint density at radius 1 is 0.492 bits per heavy atom. The van der Waals surface area contributed by atoms with E-state index < -0.39 is 32.5 Å². The van der Waals surface area contributed by atoms with Crippen LogP contribution in [0, 0.1) is 0 Å². The Hall–Kier alpha value is -2.81. The van der Waals surface area contributed by atoms with E-state index in [-0.39, 0.29) is 26.1 Å². The topological polar surface area (TPSA) is 111 Å². The SMILES string of the molecule is CC/C=C\C/C=C\C/C=C\C/C=C\C/C=C\C/C=C\C/C=C\CCCCCC(=O)OC(COC(=O)CCCCCCCCCCCCCCCCCC)COP(=O)([O-])OCC[N+](C)(C)C. The van der Waals surface area contributed by atoms with Gasteiger partial charge < -0.3 is 27.9 Å². The molecule has 2 unspecified atom stereocenters. The average molecular weight is 930 g/mol. The quantitative estimate of drug-likeness (QED) is 0.0195. The number of allylic oxidation sites excluding steroid dienone is 14. The number of hydrogen-bond donors (Lipinski definition) is 0. The fraction of sp³-hybridized carbons (Fsp3) is 0.709. The molecular formula is C55H96NO8P. The molecule has 0 spiro atoms. The summed E-state index contributed by atoms with van der Waals surface area (Å²) in [4.78, 5) is 37.7. The van der Waals surface area contributed by atoms with Gasteiger partial charge in [-0.25, -0.2) is 0 Å². The highest BCUT2D eigenvalue weighted by Gasteiger charge is 2.21. The molecule has 0 N–H and O–H groups in total. The maximum Gasteiger partial charge on any atom is 0.306 e. The fourth-order valence-electron chi connectivity index (χ4n) is 6.69. The van der Waals surface area contributed by atoms with Crippen LogP contribution in [0.2, 0.25) is 0 Å². The number of esters is 2. The molecule has 0 aromatic rings. The first kappa shape index (κ1) is 62.2. The summed E-state index contributed by atoms with van der Waals surface area (Å²) in [5, 5.41) is 0. The number of phosphoric ester groups is 1. The molecule has 2 atom stereocenters. The smallest absolute Gasteiger partial charge is 0.306 e. The molecular weight excluding hydrogens is 834 g/mol. The van der Waals surface area contributed by atoms with E-state index in [0.29, 0.717) is 17.4 Å². The summed E-state index contributed by atoms with van der Waals surface area (Å²) in [6.07, 6.45) is 60.4. The first-order valence-electron chi connectivity index (χ1n) is 25.8. The molecule has 0 aromatic heterocycles. The number of rotatable bonds is 46. The van der Waals surface area contributed by atoms with E-state index in [2.05, 4.69) is 98.9 Å². The Labute approximate surface area is 399 Å². The fourth-order valence-corrected chi connectivity index (χ4v) is 7.42. The predicted molar refractivity (Wildman–Crippen MR) is 272 cm³/mol. The minimum absolute atomic E-state index is 0.0409. The highest BCUT2D eigenvalue weighted by atomic mass is 31.2. The van der Waals surface area contributed by atoms with Crippen LogP contribution in [0.3, 0.4) is 0 Å². The van der Waals surface area contributed by atoms with E-state index in [1.807, 2.05) is 21.1 Å². The van der Waals surface area contributed by atoms with Crippen molar-refractivity contribution >= 4 is 19.8 Å². The summed E-state index contributed by atoms with van der Waals surface area (Å²) in [7, 11) is 1.13. The second-order valence-electron chi connectivity index (χ2n) is 18.2. The molecule has 10 heteroatoms. The highest BCUT2D eigenvalue weighted by molar-refractivity contribution is 7.45. The van der Waals surface area contributed by atoms with E-state index in [4.69, 9.17) is 18.5 Å². The van der Waals surface area contributed by atoms with Crippen molar-refractivity contribution in [2.75, 3.05) is 47.5 Å². The Morgan fingerprint density at radius 3 is 1.31 bits per heavy atom. The lowest BCUT2D eigenvalue weighted by Gasteiger charge is -2.28. The van der Waals surface area contributed by atoms with Crippen molar-refractivity contribution in [2.24, 2.45) is 0 Å². The molecule has 0 amide bonds. The highest BCUT2D eigenvalue weighted by Crippen LogP contribution is 2.38. The van der Waals surface area contributed by atoms with Gasteiger partial charge in [-0.1, -0.05) is 202 Å². The number of phosphoric acid groups is 1. The monoisotopic (exact) mass is 930 g/mol. The molecule has 0 aromatic carbocycles. The molecule has 0 heterocycles. The molecule has 0 rings (SSSR count). The molecule has 9 nitrogen and oxygen atoms in total. The van der Waals surface area contributed by atoms with Gasteiger partial charge in [0, 0.05) is 12.8 Å². The van der Waals surface area contributed by atoms with Crippen molar-refractivity contribution < 1.29 is 42.1 Å². The normalized spacial score (nSPS) is 14.1. The largest absolute Gasteiger partial charge is 0.756 e. The van der Waals surface area contributed by atoms with Crippen LogP contribution >= 0.6 is 7.82 Å². The van der Waals surface area contributed by atoms with Crippen molar-refractivity contribution in [1.29, 1.82) is 0 Å². The van der Waals surface area contributed by atoms with Crippen molar-refractivity contribution in [2.45, 2.75) is 206 Å². The summed E-state index contributed by atoms with van der Waals surface area (Å²) in [6, 6.07) is 0. The summed E-state index contributed by atoms with van der Waals surface area (Å²) in [5.74, 6) is -0.873. The van der Waals surface area contributed by atoms with Crippen molar-refractivity contribution in [3.8, 4) is 0 Å². The number of nitrogens with zero attached hydrogens (tertiary/aromatic N) is 1. The second-order valence-corrected chi connectivity index (χ2v) is 19.6. The van der Waals surface area contributed by atoms with Crippen LogP contribution < -0.4 is 4.89 Å². The van der Waals surface area contributed by atoms with Crippen LogP contribution in [0.15, 0.2) is 85.1 Å². The molecule has 0 radical (unpaired) electrons. The van der Waals surface area contributed by atoms with E-state index >= 15 is 0 Å². The van der Waals surface area contributed by atoms with Crippen molar-refractivity contribution in [3.63, 3.8) is 0 Å². The zero-order valence-electron chi connectivity index (χ0n) is 42.2. The van der Waals surface area contributed by atoms with Crippen LogP contribution in [0.5, 0.6) is 0 Å². The maximum absolute atomic E-state index is 12.7. The molecule has 0 fully saturated rings. The molecule has 65 heavy (non-hydrogen) atoms. The molecule has 0 aliphatic heterocycles. The average Bonchev–Trinajstić information content (AvgIpc) is 3.26. The standard InChI is InChI=1S/C55H96NO8P/c1-6-8-10-12-14-16-18-20-22-24-25-26-27-28-29-30-31-32-34-36-38-40-42-44-46-48-55(58)64-53(52-63-65(59,60)62-50-49-56(3,4)5)51-61-54(57)47-45-43-41-39-37-35-33-23-21-19-17-15-13-11-9-7-2/h8,10,14,16,20,22,25-26,28-29,31-32,36,38,53H,6-7,9,11-13,15,17-19,21,23-24,27,30,33-35,37,39-52H2,1-5H3/b10-8-,16-14-,22-20-,26-25-,29-28-,32-31-,38-36-. The Morgan fingerprint density at radius 2 is 0.877 bits per heavy atom. The van der Waals surface area contributed by atoms with Crippen LogP contribution in [0.25, 0.3) is 0 Å². The Bertz CT molecular complexity index is 1380. The molecule has 0 bridgehead atoms.